The number of hydrogen-bond donors (Lipinski definition) is 2. The molecule has 1 aromatic carbocycles. The Bertz CT molecular complexity index is 698. The quantitative estimate of drug-likeness (QED) is 0.815. The van der Waals surface area contributed by atoms with Gasteiger partial charge in [0.25, 0.3) is 0 Å². The molecule has 23 heavy (non-hydrogen) atoms. The number of thiazole rings is 1. The fraction of sp³-hybridized carbons (Fsp3) is 0.375. The molecule has 1 aliphatic carbocycles. The first kappa shape index (κ1) is 15.6. The highest BCUT2D eigenvalue weighted by Gasteiger charge is 2.23. The topological polar surface area (TPSA) is 72.5 Å². The zero-order valence-corrected chi connectivity index (χ0v) is 13.9. The van der Waals surface area contributed by atoms with Crippen LogP contribution in [0.5, 0.6) is 11.5 Å². The number of rotatable bonds is 7. The van der Waals surface area contributed by atoms with Crippen LogP contribution in [0.25, 0.3) is 0 Å². The van der Waals surface area contributed by atoms with Gasteiger partial charge in [0.1, 0.15) is 11.5 Å². The molecular weight excluding hydrogens is 314 g/mol. The number of methoxy groups -OCH3 is 2. The lowest BCUT2D eigenvalue weighted by Gasteiger charge is -2.10. The predicted octanol–water partition coefficient (Wildman–Crippen LogP) is 2.73. The monoisotopic (exact) mass is 333 g/mol. The lowest BCUT2D eigenvalue weighted by molar-refractivity contribution is -0.120. The minimum absolute atomic E-state index is 0.0308. The van der Waals surface area contributed by atoms with E-state index in [9.17, 15) is 4.79 Å². The molecule has 0 spiro atoms. The number of benzene rings is 1. The summed E-state index contributed by atoms with van der Waals surface area (Å²) in [6.07, 6.45) is 2.49. The number of aromatic nitrogens is 1. The van der Waals surface area contributed by atoms with Gasteiger partial charge in [0.05, 0.1) is 32.0 Å². The van der Waals surface area contributed by atoms with Gasteiger partial charge in [0.2, 0.25) is 5.91 Å². The highest BCUT2D eigenvalue weighted by atomic mass is 32.1. The largest absolute Gasteiger partial charge is 0.497 e. The molecule has 1 aromatic heterocycles. The molecule has 0 aliphatic heterocycles. The summed E-state index contributed by atoms with van der Waals surface area (Å²) in [5, 5.41) is 8.78. The van der Waals surface area contributed by atoms with Crippen LogP contribution in [0.15, 0.2) is 23.6 Å². The van der Waals surface area contributed by atoms with E-state index in [1.807, 2.05) is 23.6 Å². The second kappa shape index (κ2) is 6.87. The molecule has 1 heterocycles. The fourth-order valence-electron chi connectivity index (χ4n) is 2.14. The van der Waals surface area contributed by atoms with E-state index in [1.165, 1.54) is 11.3 Å². The van der Waals surface area contributed by atoms with Gasteiger partial charge in [-0.05, 0) is 25.0 Å². The summed E-state index contributed by atoms with van der Waals surface area (Å²) in [6.45, 7) is 0. The molecule has 0 atom stereocenters. The maximum atomic E-state index is 11.8. The van der Waals surface area contributed by atoms with Crippen LogP contribution >= 0.6 is 11.3 Å². The van der Waals surface area contributed by atoms with E-state index in [4.69, 9.17) is 9.47 Å². The first-order chi connectivity index (χ1) is 11.2. The van der Waals surface area contributed by atoms with Crippen LogP contribution in [0.2, 0.25) is 0 Å². The van der Waals surface area contributed by atoms with Crippen LogP contribution in [0.1, 0.15) is 18.5 Å². The third kappa shape index (κ3) is 4.13. The van der Waals surface area contributed by atoms with Crippen molar-refractivity contribution in [1.29, 1.82) is 0 Å². The summed E-state index contributed by atoms with van der Waals surface area (Å²) >= 11 is 1.45. The van der Waals surface area contributed by atoms with Crippen molar-refractivity contribution in [2.45, 2.75) is 25.3 Å². The van der Waals surface area contributed by atoms with Crippen molar-refractivity contribution >= 4 is 28.1 Å². The minimum Gasteiger partial charge on any atom is -0.497 e. The normalized spacial score (nSPS) is 13.5. The minimum atomic E-state index is 0.0308. The molecule has 1 aliphatic rings. The Labute approximate surface area is 138 Å². The Morgan fingerprint density at radius 1 is 1.35 bits per heavy atom. The van der Waals surface area contributed by atoms with Crippen LogP contribution in [0, 0.1) is 0 Å². The second-order valence-corrected chi connectivity index (χ2v) is 6.21. The molecule has 1 saturated carbocycles. The van der Waals surface area contributed by atoms with Crippen LogP contribution in [0.4, 0.5) is 10.8 Å². The van der Waals surface area contributed by atoms with Gasteiger partial charge in [-0.25, -0.2) is 4.98 Å². The Hall–Kier alpha value is -2.28. The van der Waals surface area contributed by atoms with E-state index in [1.54, 1.807) is 14.2 Å². The zero-order chi connectivity index (χ0) is 16.2. The molecular formula is C16H19N3O3S. The number of nitrogens with zero attached hydrogens (tertiary/aromatic N) is 1. The second-order valence-electron chi connectivity index (χ2n) is 5.35. The first-order valence-electron chi connectivity index (χ1n) is 7.40. The van der Waals surface area contributed by atoms with Crippen molar-refractivity contribution in [3.63, 3.8) is 0 Å². The Morgan fingerprint density at radius 3 is 2.87 bits per heavy atom. The van der Waals surface area contributed by atoms with Gasteiger partial charge in [-0.15, -0.1) is 11.3 Å². The highest BCUT2D eigenvalue weighted by molar-refractivity contribution is 7.13. The maximum absolute atomic E-state index is 11.8. The van der Waals surface area contributed by atoms with Crippen LogP contribution in [-0.2, 0) is 11.2 Å². The van der Waals surface area contributed by atoms with Crippen LogP contribution < -0.4 is 20.1 Å². The average Bonchev–Trinajstić information content (AvgIpc) is 3.25. The molecule has 7 heteroatoms. The molecule has 6 nitrogen and oxygen atoms in total. The van der Waals surface area contributed by atoms with Crippen molar-refractivity contribution in [3.8, 4) is 11.5 Å². The van der Waals surface area contributed by atoms with Crippen molar-refractivity contribution in [1.82, 2.24) is 10.3 Å². The highest BCUT2D eigenvalue weighted by Crippen LogP contribution is 2.32. The van der Waals surface area contributed by atoms with Gasteiger partial charge >= 0.3 is 0 Å². The smallest absolute Gasteiger partial charge is 0.226 e. The van der Waals surface area contributed by atoms with Gasteiger partial charge in [-0.3, -0.25) is 4.79 Å². The lowest BCUT2D eigenvalue weighted by atomic mass is 10.2. The number of carbonyl (C=O) groups excluding carboxylic acids is 1. The molecule has 122 valence electrons. The molecule has 0 radical (unpaired) electrons. The van der Waals surface area contributed by atoms with Gasteiger partial charge in [0.15, 0.2) is 5.13 Å². The van der Waals surface area contributed by atoms with E-state index in [0.717, 1.165) is 30.0 Å². The van der Waals surface area contributed by atoms with Crippen molar-refractivity contribution in [3.05, 3.63) is 29.3 Å². The number of hydrogen-bond acceptors (Lipinski definition) is 6. The summed E-state index contributed by atoms with van der Waals surface area (Å²) in [4.78, 5) is 16.3. The molecule has 2 aromatic rings. The van der Waals surface area contributed by atoms with Gasteiger partial charge < -0.3 is 20.1 Å². The lowest BCUT2D eigenvalue weighted by Crippen LogP contribution is -2.27. The summed E-state index contributed by atoms with van der Waals surface area (Å²) in [6, 6.07) is 5.89. The predicted molar refractivity (Wildman–Crippen MR) is 89.8 cm³/mol. The maximum Gasteiger partial charge on any atom is 0.226 e. The Morgan fingerprint density at radius 2 is 2.17 bits per heavy atom. The molecule has 0 bridgehead atoms. The van der Waals surface area contributed by atoms with E-state index >= 15 is 0 Å². The van der Waals surface area contributed by atoms with Crippen molar-refractivity contribution in [2.24, 2.45) is 0 Å². The van der Waals surface area contributed by atoms with E-state index < -0.39 is 0 Å². The summed E-state index contributed by atoms with van der Waals surface area (Å²) in [7, 11) is 3.23. The van der Waals surface area contributed by atoms with Crippen LogP contribution in [-0.4, -0.2) is 31.2 Å². The van der Waals surface area contributed by atoms with E-state index in [-0.39, 0.29) is 5.91 Å². The summed E-state index contributed by atoms with van der Waals surface area (Å²) < 4.78 is 10.6. The molecule has 3 rings (SSSR count). The van der Waals surface area contributed by atoms with E-state index in [2.05, 4.69) is 15.6 Å². The number of ether oxygens (including phenoxy) is 2. The molecule has 1 fully saturated rings. The molecule has 2 N–H and O–H groups in total. The van der Waals surface area contributed by atoms with Gasteiger partial charge in [-0.1, -0.05) is 0 Å². The molecule has 0 unspecified atom stereocenters. The Kier molecular flexibility index (Phi) is 4.66. The number of nitrogens with one attached hydrogen (secondary N) is 2. The summed E-state index contributed by atoms with van der Waals surface area (Å²) in [5.41, 5.74) is 1.53. The third-order valence-electron chi connectivity index (χ3n) is 3.48. The summed E-state index contributed by atoms with van der Waals surface area (Å²) in [5.74, 6) is 1.46. The number of amides is 1. The van der Waals surface area contributed by atoms with Gasteiger partial charge in [-0.2, -0.15) is 0 Å². The van der Waals surface area contributed by atoms with Crippen molar-refractivity contribution < 1.29 is 14.3 Å². The fourth-order valence-corrected chi connectivity index (χ4v) is 2.87. The zero-order valence-electron chi connectivity index (χ0n) is 13.1. The van der Waals surface area contributed by atoms with Crippen molar-refractivity contribution in [2.75, 3.05) is 19.5 Å². The SMILES string of the molecule is COc1ccc(OC)c(Nc2nc(CC(=O)NC3CC3)cs2)c1. The first-order valence-corrected chi connectivity index (χ1v) is 8.28. The van der Waals surface area contributed by atoms with Gasteiger partial charge in [0, 0.05) is 17.5 Å². The number of anilines is 2. The van der Waals surface area contributed by atoms with Crippen LogP contribution in [0.3, 0.4) is 0 Å². The molecule has 0 saturated heterocycles. The average molecular weight is 333 g/mol. The Balaban J connectivity index is 1.67. The third-order valence-corrected chi connectivity index (χ3v) is 4.29. The molecule has 1 amide bonds. The van der Waals surface area contributed by atoms with E-state index in [0.29, 0.717) is 23.3 Å². The number of carbonyl (C=O) groups is 1. The standard InChI is InChI=1S/C16H19N3O3S/c1-21-12-5-6-14(22-2)13(8-12)19-16-18-11(9-23-16)7-15(20)17-10-3-4-10/h5-6,8-10H,3-4,7H2,1-2H3,(H,17,20)(H,18,19).